The summed E-state index contributed by atoms with van der Waals surface area (Å²) < 4.78 is 12.7. The van der Waals surface area contributed by atoms with E-state index in [2.05, 4.69) is 10.4 Å². The number of carbonyl (C=O) groups excluding carboxylic acids is 1. The van der Waals surface area contributed by atoms with Crippen LogP contribution in [0, 0.1) is 6.92 Å². The topological polar surface area (TPSA) is 90.0 Å². The molecule has 0 spiro atoms. The van der Waals surface area contributed by atoms with Crippen molar-refractivity contribution in [2.24, 2.45) is 5.73 Å². The van der Waals surface area contributed by atoms with Crippen molar-refractivity contribution < 1.29 is 9.00 Å². The quantitative estimate of drug-likeness (QED) is 0.660. The molecule has 1 atom stereocenters. The molecular formula is C12H22N4O2S. The Kier molecular flexibility index (Phi) is 6.72. The summed E-state index contributed by atoms with van der Waals surface area (Å²) in [6.07, 6.45) is 4.80. The highest BCUT2D eigenvalue weighted by Gasteiger charge is 2.13. The summed E-state index contributed by atoms with van der Waals surface area (Å²) in [5, 5.41) is 7.00. The van der Waals surface area contributed by atoms with E-state index in [1.54, 1.807) is 17.1 Å². The van der Waals surface area contributed by atoms with Crippen LogP contribution in [-0.4, -0.2) is 45.0 Å². The number of carbonyl (C=O) groups is 1. The second kappa shape index (κ2) is 8.06. The van der Waals surface area contributed by atoms with E-state index in [1.807, 2.05) is 6.92 Å². The summed E-state index contributed by atoms with van der Waals surface area (Å²) in [4.78, 5) is 11.9. The summed E-state index contributed by atoms with van der Waals surface area (Å²) in [5.74, 6) is 0.480. The van der Waals surface area contributed by atoms with Crippen LogP contribution in [-0.2, 0) is 17.3 Å². The molecule has 0 fully saturated rings. The Morgan fingerprint density at radius 1 is 1.53 bits per heavy atom. The molecule has 0 bridgehead atoms. The third-order valence-electron chi connectivity index (χ3n) is 2.82. The zero-order valence-electron chi connectivity index (χ0n) is 11.5. The number of rotatable bonds is 8. The molecule has 0 radical (unpaired) electrons. The van der Waals surface area contributed by atoms with E-state index in [0.717, 1.165) is 25.1 Å². The molecule has 3 N–H and O–H groups in total. The standard InChI is InChI=1S/C12H22N4O2S/c1-10-11(9-15-16(10)7-3-5-13)12(17)14-6-4-8-19(2)18/h9H,3-8,13H2,1-2H3,(H,14,17). The van der Waals surface area contributed by atoms with Gasteiger partial charge in [-0.1, -0.05) is 0 Å². The van der Waals surface area contributed by atoms with Gasteiger partial charge in [0, 0.05) is 41.6 Å². The molecule has 108 valence electrons. The summed E-state index contributed by atoms with van der Waals surface area (Å²) >= 11 is 0. The molecule has 1 aromatic heterocycles. The summed E-state index contributed by atoms with van der Waals surface area (Å²) in [5.41, 5.74) is 6.90. The second-order valence-electron chi connectivity index (χ2n) is 4.40. The van der Waals surface area contributed by atoms with Crippen LogP contribution in [0.5, 0.6) is 0 Å². The third kappa shape index (κ3) is 5.12. The highest BCUT2D eigenvalue weighted by molar-refractivity contribution is 7.84. The molecule has 0 aliphatic carbocycles. The molecule has 0 saturated carbocycles. The molecule has 1 rings (SSSR count). The molecule has 1 unspecified atom stereocenters. The van der Waals surface area contributed by atoms with Crippen LogP contribution in [0.2, 0.25) is 0 Å². The maximum atomic E-state index is 11.9. The SMILES string of the molecule is Cc1c(C(=O)NCCCS(C)=O)cnn1CCCN. The predicted molar refractivity (Wildman–Crippen MR) is 76.5 cm³/mol. The number of nitrogens with two attached hydrogens (primary N) is 1. The minimum atomic E-state index is -0.808. The highest BCUT2D eigenvalue weighted by Crippen LogP contribution is 2.07. The summed E-state index contributed by atoms with van der Waals surface area (Å²) in [6, 6.07) is 0. The Morgan fingerprint density at radius 3 is 2.89 bits per heavy atom. The fourth-order valence-electron chi connectivity index (χ4n) is 1.71. The van der Waals surface area contributed by atoms with Gasteiger partial charge in [0.05, 0.1) is 11.8 Å². The van der Waals surface area contributed by atoms with Crippen molar-refractivity contribution in [1.82, 2.24) is 15.1 Å². The van der Waals surface area contributed by atoms with E-state index < -0.39 is 10.8 Å². The fourth-order valence-corrected chi connectivity index (χ4v) is 2.26. The second-order valence-corrected chi connectivity index (χ2v) is 5.95. The Bertz CT molecular complexity index is 445. The van der Waals surface area contributed by atoms with Gasteiger partial charge >= 0.3 is 0 Å². The smallest absolute Gasteiger partial charge is 0.254 e. The van der Waals surface area contributed by atoms with Crippen molar-refractivity contribution in [3.8, 4) is 0 Å². The van der Waals surface area contributed by atoms with E-state index in [-0.39, 0.29) is 5.91 Å². The van der Waals surface area contributed by atoms with Crippen LogP contribution in [0.25, 0.3) is 0 Å². The van der Waals surface area contributed by atoms with Crippen LogP contribution in [0.3, 0.4) is 0 Å². The molecule has 1 aromatic rings. The van der Waals surface area contributed by atoms with Gasteiger partial charge in [-0.05, 0) is 26.3 Å². The minimum Gasteiger partial charge on any atom is -0.352 e. The van der Waals surface area contributed by atoms with E-state index in [9.17, 15) is 9.00 Å². The number of aryl methyl sites for hydroxylation is 1. The van der Waals surface area contributed by atoms with E-state index in [1.165, 1.54) is 0 Å². The van der Waals surface area contributed by atoms with Gasteiger partial charge in [0.25, 0.3) is 5.91 Å². The summed E-state index contributed by atoms with van der Waals surface area (Å²) in [7, 11) is -0.808. The number of hydrogen-bond acceptors (Lipinski definition) is 4. The van der Waals surface area contributed by atoms with Gasteiger partial charge in [0.2, 0.25) is 0 Å². The van der Waals surface area contributed by atoms with Gasteiger partial charge in [-0.3, -0.25) is 13.7 Å². The number of nitrogens with zero attached hydrogens (tertiary/aromatic N) is 2. The zero-order valence-corrected chi connectivity index (χ0v) is 12.3. The van der Waals surface area contributed by atoms with Crippen LogP contribution in [0.1, 0.15) is 28.9 Å². The van der Waals surface area contributed by atoms with Gasteiger partial charge in [0.15, 0.2) is 0 Å². The molecule has 1 heterocycles. The first-order valence-electron chi connectivity index (χ1n) is 6.37. The van der Waals surface area contributed by atoms with E-state index in [4.69, 9.17) is 5.73 Å². The van der Waals surface area contributed by atoms with Crippen molar-refractivity contribution in [2.75, 3.05) is 25.1 Å². The Balaban J connectivity index is 2.48. The van der Waals surface area contributed by atoms with Gasteiger partial charge in [-0.25, -0.2) is 0 Å². The van der Waals surface area contributed by atoms with Crippen LogP contribution >= 0.6 is 0 Å². The zero-order chi connectivity index (χ0) is 14.3. The van der Waals surface area contributed by atoms with Crippen molar-refractivity contribution in [2.45, 2.75) is 26.3 Å². The van der Waals surface area contributed by atoms with Crippen molar-refractivity contribution in [3.63, 3.8) is 0 Å². The van der Waals surface area contributed by atoms with Crippen LogP contribution in [0.4, 0.5) is 0 Å². The lowest BCUT2D eigenvalue weighted by molar-refractivity contribution is 0.0953. The number of nitrogens with one attached hydrogen (secondary N) is 1. The summed E-state index contributed by atoms with van der Waals surface area (Å²) in [6.45, 7) is 3.74. The maximum absolute atomic E-state index is 11.9. The third-order valence-corrected chi connectivity index (χ3v) is 3.68. The number of aromatic nitrogens is 2. The van der Waals surface area contributed by atoms with Crippen molar-refractivity contribution in [1.29, 1.82) is 0 Å². The molecule has 0 aliphatic heterocycles. The van der Waals surface area contributed by atoms with Crippen LogP contribution in [0.15, 0.2) is 6.20 Å². The number of hydrogen-bond donors (Lipinski definition) is 2. The van der Waals surface area contributed by atoms with E-state index >= 15 is 0 Å². The first-order chi connectivity index (χ1) is 9.06. The Morgan fingerprint density at radius 2 is 2.26 bits per heavy atom. The van der Waals surface area contributed by atoms with Crippen LogP contribution < -0.4 is 11.1 Å². The molecule has 0 aromatic carbocycles. The van der Waals surface area contributed by atoms with Crippen molar-refractivity contribution in [3.05, 3.63) is 17.5 Å². The molecular weight excluding hydrogens is 264 g/mol. The van der Waals surface area contributed by atoms with Gasteiger partial charge < -0.3 is 11.1 Å². The first kappa shape index (κ1) is 15.8. The molecule has 7 heteroatoms. The Labute approximate surface area is 116 Å². The lowest BCUT2D eigenvalue weighted by Crippen LogP contribution is -2.25. The largest absolute Gasteiger partial charge is 0.352 e. The molecule has 6 nitrogen and oxygen atoms in total. The normalized spacial score (nSPS) is 12.4. The monoisotopic (exact) mass is 286 g/mol. The molecule has 0 saturated heterocycles. The van der Waals surface area contributed by atoms with Gasteiger partial charge in [0.1, 0.15) is 0 Å². The van der Waals surface area contributed by atoms with Gasteiger partial charge in [-0.2, -0.15) is 5.10 Å². The fraction of sp³-hybridized carbons (Fsp3) is 0.667. The lowest BCUT2D eigenvalue weighted by atomic mass is 10.2. The lowest BCUT2D eigenvalue weighted by Gasteiger charge is -2.05. The molecule has 0 aliphatic rings. The Hall–Kier alpha value is -1.21. The first-order valence-corrected chi connectivity index (χ1v) is 8.09. The van der Waals surface area contributed by atoms with Crippen molar-refractivity contribution >= 4 is 16.7 Å². The minimum absolute atomic E-state index is 0.126. The molecule has 19 heavy (non-hydrogen) atoms. The molecule has 1 amide bonds. The maximum Gasteiger partial charge on any atom is 0.254 e. The highest BCUT2D eigenvalue weighted by atomic mass is 32.2. The average molecular weight is 286 g/mol. The van der Waals surface area contributed by atoms with E-state index in [0.29, 0.717) is 24.4 Å². The predicted octanol–water partition coefficient (Wildman–Crippen LogP) is 0.0387. The van der Waals surface area contributed by atoms with Gasteiger partial charge in [-0.15, -0.1) is 0 Å². The average Bonchev–Trinajstić information content (AvgIpc) is 2.73. The number of amides is 1.